The maximum Gasteiger partial charge on any atom is 0.408 e. The molecule has 7 nitrogen and oxygen atoms in total. The van der Waals surface area contributed by atoms with Crippen LogP contribution in [0, 0.1) is 0 Å². The number of hydrogen-bond acceptors (Lipinski definition) is 4. The minimum absolute atomic E-state index is 0.235. The van der Waals surface area contributed by atoms with Crippen molar-refractivity contribution in [3.8, 4) is 5.69 Å². The van der Waals surface area contributed by atoms with Crippen LogP contribution in [0.15, 0.2) is 51.9 Å². The minimum atomic E-state index is -0.619. The highest BCUT2D eigenvalue weighted by Crippen LogP contribution is 2.20. The van der Waals surface area contributed by atoms with Gasteiger partial charge in [0.1, 0.15) is 11.1 Å². The molecule has 1 N–H and O–H groups in total. The fourth-order valence-electron chi connectivity index (χ4n) is 2.70. The fraction of sp³-hybridized carbons (Fsp3) is 0.316. The predicted octanol–water partition coefficient (Wildman–Crippen LogP) is 3.83. The molecule has 1 unspecified atom stereocenters. The summed E-state index contributed by atoms with van der Waals surface area (Å²) in [5.41, 5.74) is 0.234. The van der Waals surface area contributed by atoms with Crippen LogP contribution in [0.5, 0.6) is 0 Å². The number of nitrogens with zero attached hydrogens (tertiary/aromatic N) is 3. The topological polar surface area (TPSA) is 77.6 Å². The molecular weight excluding hydrogens is 412 g/mol. The van der Waals surface area contributed by atoms with E-state index in [4.69, 9.17) is 4.74 Å². The van der Waals surface area contributed by atoms with E-state index < -0.39 is 17.7 Å². The molecule has 0 radical (unpaired) electrons. The number of halogens is 1. The highest BCUT2D eigenvalue weighted by atomic mass is 79.9. The second kappa shape index (κ2) is 7.19. The molecule has 1 amide bonds. The Labute approximate surface area is 165 Å². The van der Waals surface area contributed by atoms with E-state index in [-0.39, 0.29) is 5.56 Å². The molecule has 0 aliphatic heterocycles. The molecule has 0 aliphatic carbocycles. The maximum atomic E-state index is 13.2. The SMILES string of the molecule is CC(NC(=O)OC(C)(C)C)c1nn2ccc(Br)c2c(=O)n1-c1ccccc1. The number of ether oxygens (including phenoxy) is 1. The first-order chi connectivity index (χ1) is 12.7. The van der Waals surface area contributed by atoms with Crippen LogP contribution in [0.1, 0.15) is 39.6 Å². The summed E-state index contributed by atoms with van der Waals surface area (Å²) >= 11 is 3.40. The van der Waals surface area contributed by atoms with Crippen LogP contribution in [0.25, 0.3) is 11.2 Å². The zero-order valence-electron chi connectivity index (χ0n) is 15.6. The summed E-state index contributed by atoms with van der Waals surface area (Å²) in [6.07, 6.45) is 1.12. The van der Waals surface area contributed by atoms with E-state index in [0.29, 0.717) is 21.5 Å². The Balaban J connectivity index is 2.11. The molecule has 27 heavy (non-hydrogen) atoms. The van der Waals surface area contributed by atoms with Crippen LogP contribution < -0.4 is 10.9 Å². The van der Waals surface area contributed by atoms with Crippen molar-refractivity contribution in [1.29, 1.82) is 0 Å². The van der Waals surface area contributed by atoms with Crippen molar-refractivity contribution in [2.75, 3.05) is 0 Å². The summed E-state index contributed by atoms with van der Waals surface area (Å²) in [4.78, 5) is 25.4. The summed E-state index contributed by atoms with van der Waals surface area (Å²) in [7, 11) is 0. The third kappa shape index (κ3) is 4.05. The summed E-state index contributed by atoms with van der Waals surface area (Å²) in [6, 6.07) is 10.4. The fourth-order valence-corrected chi connectivity index (χ4v) is 3.17. The van der Waals surface area contributed by atoms with Gasteiger partial charge in [-0.1, -0.05) is 18.2 Å². The number of alkyl carbamates (subject to hydrolysis) is 1. The molecule has 2 aromatic heterocycles. The van der Waals surface area contributed by atoms with Gasteiger partial charge in [-0.2, -0.15) is 5.10 Å². The molecule has 0 saturated heterocycles. The third-order valence-electron chi connectivity index (χ3n) is 3.80. The zero-order chi connectivity index (χ0) is 19.8. The summed E-state index contributed by atoms with van der Waals surface area (Å²) in [5.74, 6) is 0.396. The lowest BCUT2D eigenvalue weighted by atomic mass is 10.2. The Morgan fingerprint density at radius 2 is 1.89 bits per heavy atom. The van der Waals surface area contributed by atoms with Crippen LogP contribution in [-0.4, -0.2) is 25.9 Å². The number of benzene rings is 1. The first kappa shape index (κ1) is 19.2. The number of amides is 1. The number of aromatic nitrogens is 3. The number of rotatable bonds is 3. The molecule has 2 heterocycles. The van der Waals surface area contributed by atoms with Gasteiger partial charge in [-0.3, -0.25) is 9.36 Å². The van der Waals surface area contributed by atoms with Gasteiger partial charge in [-0.25, -0.2) is 9.31 Å². The molecule has 142 valence electrons. The van der Waals surface area contributed by atoms with Crippen molar-refractivity contribution in [1.82, 2.24) is 19.5 Å². The molecule has 3 rings (SSSR count). The van der Waals surface area contributed by atoms with Gasteiger partial charge in [0.05, 0.1) is 16.2 Å². The summed E-state index contributed by atoms with van der Waals surface area (Å²) < 4.78 is 8.98. The van der Waals surface area contributed by atoms with Gasteiger partial charge in [-0.15, -0.1) is 0 Å². The number of fused-ring (bicyclic) bond motifs is 1. The van der Waals surface area contributed by atoms with Crippen molar-refractivity contribution >= 4 is 27.5 Å². The number of para-hydroxylation sites is 1. The lowest BCUT2D eigenvalue weighted by Crippen LogP contribution is -2.37. The Bertz CT molecular complexity index is 1030. The van der Waals surface area contributed by atoms with Crippen LogP contribution in [0.2, 0.25) is 0 Å². The van der Waals surface area contributed by atoms with Crippen molar-refractivity contribution in [3.05, 3.63) is 63.2 Å². The average molecular weight is 433 g/mol. The van der Waals surface area contributed by atoms with Gasteiger partial charge >= 0.3 is 6.09 Å². The quantitative estimate of drug-likeness (QED) is 0.681. The molecular formula is C19H21BrN4O3. The second-order valence-electron chi connectivity index (χ2n) is 7.16. The lowest BCUT2D eigenvalue weighted by molar-refractivity contribution is 0.0505. The second-order valence-corrected chi connectivity index (χ2v) is 8.01. The van der Waals surface area contributed by atoms with E-state index in [2.05, 4.69) is 26.3 Å². The lowest BCUT2D eigenvalue weighted by Gasteiger charge is -2.23. The van der Waals surface area contributed by atoms with Crippen molar-refractivity contribution < 1.29 is 9.53 Å². The molecule has 8 heteroatoms. The Kier molecular flexibility index (Phi) is 5.10. The molecule has 0 spiro atoms. The molecule has 0 aliphatic rings. The van der Waals surface area contributed by atoms with E-state index in [1.54, 1.807) is 40.0 Å². The van der Waals surface area contributed by atoms with Crippen LogP contribution in [0.3, 0.4) is 0 Å². The minimum Gasteiger partial charge on any atom is -0.444 e. The van der Waals surface area contributed by atoms with Gasteiger partial charge in [0.2, 0.25) is 0 Å². The number of carbonyl (C=O) groups excluding carboxylic acids is 1. The van der Waals surface area contributed by atoms with Crippen molar-refractivity contribution in [3.63, 3.8) is 0 Å². The number of carbonyl (C=O) groups is 1. The largest absolute Gasteiger partial charge is 0.444 e. The molecule has 0 saturated carbocycles. The van der Waals surface area contributed by atoms with Crippen LogP contribution in [0.4, 0.5) is 4.79 Å². The van der Waals surface area contributed by atoms with Crippen LogP contribution in [-0.2, 0) is 4.74 Å². The van der Waals surface area contributed by atoms with Gasteiger partial charge in [-0.05, 0) is 61.8 Å². The van der Waals surface area contributed by atoms with Crippen molar-refractivity contribution in [2.24, 2.45) is 0 Å². The van der Waals surface area contributed by atoms with E-state index in [1.807, 2.05) is 30.3 Å². The number of hydrogen-bond donors (Lipinski definition) is 1. The average Bonchev–Trinajstić information content (AvgIpc) is 2.95. The van der Waals surface area contributed by atoms with E-state index >= 15 is 0 Å². The maximum absolute atomic E-state index is 13.2. The van der Waals surface area contributed by atoms with Gasteiger partial charge < -0.3 is 10.1 Å². The van der Waals surface area contributed by atoms with Gasteiger partial charge in [0.15, 0.2) is 5.82 Å². The van der Waals surface area contributed by atoms with E-state index in [0.717, 1.165) is 0 Å². The summed E-state index contributed by atoms with van der Waals surface area (Å²) in [6.45, 7) is 7.13. The zero-order valence-corrected chi connectivity index (χ0v) is 17.1. The third-order valence-corrected chi connectivity index (χ3v) is 4.44. The first-order valence-corrected chi connectivity index (χ1v) is 9.31. The molecule has 1 aromatic carbocycles. The smallest absolute Gasteiger partial charge is 0.408 e. The van der Waals surface area contributed by atoms with E-state index in [9.17, 15) is 9.59 Å². The van der Waals surface area contributed by atoms with Crippen molar-refractivity contribution in [2.45, 2.75) is 39.3 Å². The Morgan fingerprint density at radius 3 is 2.52 bits per heavy atom. The monoisotopic (exact) mass is 432 g/mol. The molecule has 0 fully saturated rings. The first-order valence-electron chi connectivity index (χ1n) is 8.52. The Morgan fingerprint density at radius 1 is 1.22 bits per heavy atom. The highest BCUT2D eigenvalue weighted by Gasteiger charge is 2.23. The van der Waals surface area contributed by atoms with Gasteiger partial charge in [0, 0.05) is 6.20 Å². The molecule has 0 bridgehead atoms. The molecule has 1 atom stereocenters. The molecule has 3 aromatic rings. The standard InChI is InChI=1S/C19H21BrN4O3/c1-12(21-18(26)27-19(2,3)4)16-22-23-11-10-14(20)15(23)17(25)24(16)13-8-6-5-7-9-13/h5-12H,1-4H3,(H,21,26). The predicted molar refractivity (Wildman–Crippen MR) is 106 cm³/mol. The van der Waals surface area contributed by atoms with Gasteiger partial charge in [0.25, 0.3) is 5.56 Å². The van der Waals surface area contributed by atoms with Crippen LogP contribution >= 0.6 is 15.9 Å². The normalized spacial score (nSPS) is 12.8. The van der Waals surface area contributed by atoms with E-state index in [1.165, 1.54) is 9.08 Å². The Hall–Kier alpha value is -2.61. The number of nitrogens with one attached hydrogen (secondary N) is 1. The summed E-state index contributed by atoms with van der Waals surface area (Å²) in [5, 5.41) is 7.32. The highest BCUT2D eigenvalue weighted by molar-refractivity contribution is 9.10.